The summed E-state index contributed by atoms with van der Waals surface area (Å²) in [4.78, 5) is 12.3. The third-order valence-electron chi connectivity index (χ3n) is 3.27. The van der Waals surface area contributed by atoms with Crippen molar-refractivity contribution in [3.8, 4) is 5.75 Å². The zero-order valence-corrected chi connectivity index (χ0v) is 15.4. The Morgan fingerprint density at radius 2 is 2.00 bits per heavy atom. The molecule has 0 aliphatic heterocycles. The monoisotopic (exact) mass is 348 g/mol. The van der Waals surface area contributed by atoms with Gasteiger partial charge in [0.1, 0.15) is 5.75 Å². The Kier molecular flexibility index (Phi) is 8.05. The van der Waals surface area contributed by atoms with Crippen molar-refractivity contribution in [1.82, 2.24) is 5.32 Å². The van der Waals surface area contributed by atoms with Crippen molar-refractivity contribution in [3.63, 3.8) is 0 Å². The normalized spacial score (nSPS) is 12.3. The van der Waals surface area contributed by atoms with Gasteiger partial charge in [-0.25, -0.2) is 0 Å². The first-order valence-corrected chi connectivity index (χ1v) is 7.45. The molecule has 1 atom stereocenters. The number of benzene rings is 1. The van der Waals surface area contributed by atoms with Crippen LogP contribution in [0.1, 0.15) is 50.9 Å². The van der Waals surface area contributed by atoms with Crippen molar-refractivity contribution >= 4 is 35.6 Å². The van der Waals surface area contributed by atoms with E-state index >= 15 is 0 Å². The van der Waals surface area contributed by atoms with Crippen molar-refractivity contribution < 1.29 is 9.53 Å². The van der Waals surface area contributed by atoms with Gasteiger partial charge in [0, 0.05) is 12.1 Å². The number of nitrogen functional groups attached to an aromatic ring is 1. The summed E-state index contributed by atoms with van der Waals surface area (Å²) in [5.74, 6) is 0.229. The Morgan fingerprint density at radius 1 is 1.41 bits per heavy atom. The van der Waals surface area contributed by atoms with Gasteiger partial charge in [0.05, 0.1) is 23.4 Å². The van der Waals surface area contributed by atoms with Gasteiger partial charge in [-0.05, 0) is 31.2 Å². The first-order valence-electron chi connectivity index (χ1n) is 7.08. The predicted molar refractivity (Wildman–Crippen MR) is 95.3 cm³/mol. The maximum atomic E-state index is 12.3. The zero-order valence-electron chi connectivity index (χ0n) is 13.8. The number of hydrogen-bond donors (Lipinski definition) is 2. The summed E-state index contributed by atoms with van der Waals surface area (Å²) in [5, 5.41) is 3.32. The minimum atomic E-state index is -0.199. The van der Waals surface area contributed by atoms with Crippen LogP contribution in [0.15, 0.2) is 12.1 Å². The lowest BCUT2D eigenvalue weighted by molar-refractivity contribution is 0.0932. The topological polar surface area (TPSA) is 64.3 Å². The molecule has 1 aromatic rings. The summed E-state index contributed by atoms with van der Waals surface area (Å²) in [6.45, 7) is 8.55. The fourth-order valence-electron chi connectivity index (χ4n) is 1.94. The fourth-order valence-corrected chi connectivity index (χ4v) is 2.10. The molecule has 0 fully saturated rings. The molecule has 4 nitrogen and oxygen atoms in total. The standard InChI is InChI=1S/C16H25ClN2O2.ClH/c1-10(6-7-16(2,3)4)19-15(20)11-8-12(17)13(18)9-14(11)21-5;/h8-10H,6-7,18H2,1-5H3,(H,19,20);1H. The molecule has 1 amide bonds. The maximum absolute atomic E-state index is 12.3. The Balaban J connectivity index is 0.00000441. The first kappa shape index (κ1) is 20.9. The fraction of sp³-hybridized carbons (Fsp3) is 0.562. The average molecular weight is 349 g/mol. The SMILES string of the molecule is COc1cc(N)c(Cl)cc1C(=O)NC(C)CCC(C)(C)C.Cl. The van der Waals surface area contributed by atoms with Crippen LogP contribution in [0.4, 0.5) is 5.69 Å². The highest BCUT2D eigenvalue weighted by atomic mass is 35.5. The number of carbonyl (C=O) groups excluding carboxylic acids is 1. The smallest absolute Gasteiger partial charge is 0.255 e. The Morgan fingerprint density at radius 3 is 2.50 bits per heavy atom. The Labute approximate surface area is 144 Å². The maximum Gasteiger partial charge on any atom is 0.255 e. The molecule has 6 heteroatoms. The molecule has 126 valence electrons. The van der Waals surface area contributed by atoms with Gasteiger partial charge in [0.15, 0.2) is 0 Å². The van der Waals surface area contributed by atoms with E-state index in [1.807, 2.05) is 6.92 Å². The summed E-state index contributed by atoms with van der Waals surface area (Å²) in [5.41, 5.74) is 6.77. The predicted octanol–water partition coefficient (Wildman–Crippen LogP) is 4.30. The van der Waals surface area contributed by atoms with Crippen molar-refractivity contribution in [1.29, 1.82) is 0 Å². The van der Waals surface area contributed by atoms with E-state index in [2.05, 4.69) is 26.1 Å². The van der Waals surface area contributed by atoms with Gasteiger partial charge >= 0.3 is 0 Å². The second-order valence-electron chi connectivity index (χ2n) is 6.55. The molecule has 0 aromatic heterocycles. The van der Waals surface area contributed by atoms with Crippen LogP contribution in [-0.2, 0) is 0 Å². The molecule has 3 N–H and O–H groups in total. The second-order valence-corrected chi connectivity index (χ2v) is 6.96. The van der Waals surface area contributed by atoms with Crippen LogP contribution in [0.3, 0.4) is 0 Å². The van der Waals surface area contributed by atoms with E-state index in [1.54, 1.807) is 12.1 Å². The van der Waals surface area contributed by atoms with E-state index in [4.69, 9.17) is 22.1 Å². The van der Waals surface area contributed by atoms with Gasteiger partial charge in [-0.15, -0.1) is 12.4 Å². The Bertz CT molecular complexity index is 514. The lowest BCUT2D eigenvalue weighted by atomic mass is 9.89. The molecule has 0 saturated carbocycles. The summed E-state index contributed by atoms with van der Waals surface area (Å²) < 4.78 is 5.20. The number of amides is 1. The molecule has 0 aliphatic carbocycles. The molecular weight excluding hydrogens is 323 g/mol. The number of ether oxygens (including phenoxy) is 1. The van der Waals surface area contributed by atoms with Crippen LogP contribution >= 0.6 is 24.0 Å². The number of rotatable bonds is 5. The van der Waals surface area contributed by atoms with Crippen molar-refractivity contribution in [2.24, 2.45) is 5.41 Å². The highest BCUT2D eigenvalue weighted by molar-refractivity contribution is 6.33. The van der Waals surface area contributed by atoms with Gasteiger partial charge < -0.3 is 15.8 Å². The molecule has 1 rings (SSSR count). The Hall–Kier alpha value is -1.13. The number of hydrogen-bond acceptors (Lipinski definition) is 3. The number of anilines is 1. The third-order valence-corrected chi connectivity index (χ3v) is 3.60. The molecule has 0 bridgehead atoms. The first-order chi connectivity index (χ1) is 9.64. The number of nitrogens with two attached hydrogens (primary N) is 1. The molecule has 0 aliphatic rings. The quantitative estimate of drug-likeness (QED) is 0.779. The summed E-state index contributed by atoms with van der Waals surface area (Å²) in [6.07, 6.45) is 1.95. The van der Waals surface area contributed by atoms with E-state index < -0.39 is 0 Å². The number of halogens is 2. The molecule has 1 unspecified atom stereocenters. The molecule has 0 spiro atoms. The molecule has 22 heavy (non-hydrogen) atoms. The van der Waals surface area contributed by atoms with Crippen LogP contribution in [0, 0.1) is 5.41 Å². The average Bonchev–Trinajstić information content (AvgIpc) is 2.38. The summed E-state index contributed by atoms with van der Waals surface area (Å²) in [7, 11) is 1.50. The van der Waals surface area contributed by atoms with Crippen molar-refractivity contribution in [2.75, 3.05) is 12.8 Å². The van der Waals surface area contributed by atoms with E-state index in [0.717, 1.165) is 12.8 Å². The minimum absolute atomic E-state index is 0. The lowest BCUT2D eigenvalue weighted by Crippen LogP contribution is -2.33. The van der Waals surface area contributed by atoms with Crippen LogP contribution in [0.2, 0.25) is 5.02 Å². The second kappa shape index (κ2) is 8.49. The highest BCUT2D eigenvalue weighted by Crippen LogP contribution is 2.29. The van der Waals surface area contributed by atoms with Gasteiger partial charge in [0.25, 0.3) is 5.91 Å². The molecule has 1 aromatic carbocycles. The van der Waals surface area contributed by atoms with Crippen LogP contribution in [-0.4, -0.2) is 19.1 Å². The van der Waals surface area contributed by atoms with E-state index in [-0.39, 0.29) is 29.8 Å². The minimum Gasteiger partial charge on any atom is -0.496 e. The molecule has 0 radical (unpaired) electrons. The van der Waals surface area contributed by atoms with E-state index in [1.165, 1.54) is 7.11 Å². The summed E-state index contributed by atoms with van der Waals surface area (Å²) >= 11 is 5.98. The number of carbonyl (C=O) groups is 1. The van der Waals surface area contributed by atoms with Gasteiger partial charge in [-0.2, -0.15) is 0 Å². The lowest BCUT2D eigenvalue weighted by Gasteiger charge is -2.22. The largest absolute Gasteiger partial charge is 0.496 e. The summed E-state index contributed by atoms with van der Waals surface area (Å²) in [6, 6.07) is 3.19. The molecular formula is C16H26Cl2N2O2. The molecule has 0 heterocycles. The van der Waals surface area contributed by atoms with Crippen molar-refractivity contribution in [3.05, 3.63) is 22.7 Å². The highest BCUT2D eigenvalue weighted by Gasteiger charge is 2.18. The van der Waals surface area contributed by atoms with Crippen LogP contribution in [0.5, 0.6) is 5.75 Å². The number of nitrogens with one attached hydrogen (secondary N) is 1. The van der Waals surface area contributed by atoms with Gasteiger partial charge in [-0.1, -0.05) is 32.4 Å². The van der Waals surface area contributed by atoms with Gasteiger partial charge in [-0.3, -0.25) is 4.79 Å². The third kappa shape index (κ3) is 6.32. The van der Waals surface area contributed by atoms with E-state index in [9.17, 15) is 4.79 Å². The van der Waals surface area contributed by atoms with Crippen LogP contribution < -0.4 is 15.8 Å². The molecule has 0 saturated heterocycles. The van der Waals surface area contributed by atoms with Crippen LogP contribution in [0.25, 0.3) is 0 Å². The van der Waals surface area contributed by atoms with Crippen molar-refractivity contribution in [2.45, 2.75) is 46.6 Å². The zero-order chi connectivity index (χ0) is 16.2. The van der Waals surface area contributed by atoms with Gasteiger partial charge in [0.2, 0.25) is 0 Å². The number of methoxy groups -OCH3 is 1. The van der Waals surface area contributed by atoms with E-state index in [0.29, 0.717) is 22.0 Å².